The summed E-state index contributed by atoms with van der Waals surface area (Å²) in [5.74, 6) is -0.403. The first kappa shape index (κ1) is 79.7. The number of rotatable bonds is 30. The van der Waals surface area contributed by atoms with E-state index in [0.29, 0.717) is 115 Å². The summed E-state index contributed by atoms with van der Waals surface area (Å²) in [7, 11) is 0. The molecular weight excluding hydrogens is 1450 g/mol. The quantitative estimate of drug-likeness (QED) is 0.0380. The van der Waals surface area contributed by atoms with E-state index in [9.17, 15) is 55.1 Å². The standard InChI is InChI=1S/C28H33F2N3O4.C27H32F2N4O4.C26H31F2N5O4/c1-19(34)14-25(21-7-10-23(11-8-21)37-26(29)30)33-13-12-32(27(33)35)16-28(17-36-18-28)15-22-9-6-20-4-2-3-5-24(20)31-22;1-18(34)12-23(20-7-9-24(30-14-20)37-25(28)29)33-11-10-32(26(33)35)15-27(16-36-17-27)13-21-8-6-19-4-2-3-5-22(19)31-21;1-17(34)10-22(19-12-29-24(30-13-19)37-23(27)28)33-9-8-32(25(33)35)14-26(15-36-16-26)11-20-7-6-18-4-2-3-5-21(18)31-20/h6-11,25-26H,2-5,12-18H2,1H3;6-9,14,23,25H,2-5,10-13,15-17H2,1H3;6-7,12-13,22-23H,2-5,8-11,14-16H2,1H3/t25-;23-;22-/m000/s1. The summed E-state index contributed by atoms with van der Waals surface area (Å²) < 4.78 is 105. The van der Waals surface area contributed by atoms with Gasteiger partial charge in [-0.25, -0.2) is 29.3 Å². The molecular formula is C81H96F6N12O12. The van der Waals surface area contributed by atoms with Crippen LogP contribution in [-0.2, 0) is 86.4 Å². The van der Waals surface area contributed by atoms with E-state index >= 15 is 0 Å². The highest BCUT2D eigenvalue weighted by atomic mass is 19.3. The molecule has 6 saturated heterocycles. The first-order valence-electron chi connectivity index (χ1n) is 38.5. The number of aromatic nitrogens is 6. The Hall–Kier alpha value is -9.42. The van der Waals surface area contributed by atoms with E-state index in [-0.39, 0.29) is 82.6 Å². The normalized spacial score (nSPS) is 19.5. The zero-order chi connectivity index (χ0) is 78.0. The number of aryl methyl sites for hydroxylation is 6. The Morgan fingerprint density at radius 3 is 1.08 bits per heavy atom. The van der Waals surface area contributed by atoms with Gasteiger partial charge in [0, 0.05) is 178 Å². The number of hydrogen-bond donors (Lipinski definition) is 0. The van der Waals surface area contributed by atoms with Gasteiger partial charge in [0.15, 0.2) is 0 Å². The van der Waals surface area contributed by atoms with E-state index in [2.05, 4.69) is 65.6 Å². The van der Waals surface area contributed by atoms with Crippen molar-refractivity contribution in [2.45, 2.75) is 174 Å². The van der Waals surface area contributed by atoms with E-state index in [1.807, 2.05) is 14.7 Å². The molecule has 5 aromatic heterocycles. The second-order valence-corrected chi connectivity index (χ2v) is 31.2. The van der Waals surface area contributed by atoms with Gasteiger partial charge >= 0.3 is 43.9 Å². The molecule has 6 aromatic rings. The number of ketones is 3. The number of amides is 6. The topological polar surface area (TPSA) is 255 Å². The number of Topliss-reactive ketones (excluding diaryl/α,β-unsaturated/α-hetero) is 3. The van der Waals surface area contributed by atoms with Crippen LogP contribution in [0.4, 0.5) is 40.7 Å². The van der Waals surface area contributed by atoms with Crippen LogP contribution in [0.2, 0.25) is 0 Å². The minimum atomic E-state index is -3.04. The number of carbonyl (C=O) groups excluding carboxylic acids is 6. The lowest BCUT2D eigenvalue weighted by atomic mass is 9.80. The minimum absolute atomic E-state index is 0.0393. The van der Waals surface area contributed by atoms with Crippen molar-refractivity contribution in [3.05, 3.63) is 159 Å². The third kappa shape index (κ3) is 19.9. The van der Waals surface area contributed by atoms with E-state index < -0.39 is 44.0 Å². The Morgan fingerprint density at radius 2 is 0.748 bits per heavy atom. The molecule has 30 heteroatoms. The number of hydrogen-bond acceptors (Lipinski definition) is 18. The maximum atomic E-state index is 13.5. The maximum Gasteiger partial charge on any atom is 0.389 e. The Kier molecular flexibility index (Phi) is 25.5. The van der Waals surface area contributed by atoms with Crippen LogP contribution in [0.15, 0.2) is 91.4 Å². The van der Waals surface area contributed by atoms with E-state index in [0.717, 1.165) is 74.9 Å². The van der Waals surface area contributed by atoms with Crippen LogP contribution in [0.25, 0.3) is 0 Å². The van der Waals surface area contributed by atoms with Gasteiger partial charge in [0.2, 0.25) is 5.88 Å². The number of carbonyl (C=O) groups is 6. The highest BCUT2D eigenvalue weighted by Crippen LogP contribution is 2.41. The van der Waals surface area contributed by atoms with Crippen molar-refractivity contribution in [3.8, 4) is 17.6 Å². The second kappa shape index (κ2) is 35.5. The fourth-order valence-electron chi connectivity index (χ4n) is 16.9. The van der Waals surface area contributed by atoms with Gasteiger partial charge in [-0.05, 0) is 156 Å². The molecule has 1 aromatic carbocycles. The van der Waals surface area contributed by atoms with E-state index in [1.165, 1.54) is 130 Å². The Morgan fingerprint density at radius 1 is 0.405 bits per heavy atom. The molecule has 6 amide bonds. The molecule has 0 radical (unpaired) electrons. The molecule has 11 heterocycles. The fraction of sp³-hybridized carbons (Fsp3) is 0.556. The van der Waals surface area contributed by atoms with Crippen molar-refractivity contribution in [2.75, 3.05) is 98.5 Å². The number of pyridine rings is 4. The van der Waals surface area contributed by atoms with Gasteiger partial charge < -0.3 is 57.8 Å². The van der Waals surface area contributed by atoms with Crippen molar-refractivity contribution in [3.63, 3.8) is 0 Å². The number of urea groups is 3. The molecule has 9 aliphatic rings. The number of fused-ring (bicyclic) bond motifs is 3. The van der Waals surface area contributed by atoms with E-state index in [4.69, 9.17) is 29.2 Å². The van der Waals surface area contributed by atoms with Gasteiger partial charge in [0.1, 0.15) is 23.1 Å². The Labute approximate surface area is 641 Å². The molecule has 0 N–H and O–H groups in total. The molecule has 3 atom stereocenters. The van der Waals surface area contributed by atoms with Crippen LogP contribution < -0.4 is 14.2 Å². The first-order chi connectivity index (χ1) is 53.4. The third-order valence-electron chi connectivity index (χ3n) is 22.4. The summed E-state index contributed by atoms with van der Waals surface area (Å²) in [4.78, 5) is 114. The molecule has 15 rings (SSSR count). The van der Waals surface area contributed by atoms with Crippen molar-refractivity contribution >= 4 is 35.4 Å². The van der Waals surface area contributed by atoms with Crippen LogP contribution in [0.5, 0.6) is 17.6 Å². The average Bonchev–Trinajstić information content (AvgIpc) is 1.77. The number of alkyl halides is 6. The number of halogens is 6. The van der Waals surface area contributed by atoms with Gasteiger partial charge in [-0.3, -0.25) is 29.3 Å². The molecule has 0 saturated carbocycles. The lowest BCUT2D eigenvalue weighted by Gasteiger charge is -2.43. The SMILES string of the molecule is CC(=O)C[C@@H](c1ccc(OC(F)F)cc1)N1CCN(CC2(Cc3ccc4c(n3)CCCC4)COC2)C1=O.CC(=O)C[C@@H](c1ccc(OC(F)F)nc1)N1CCN(CC2(Cc3ccc4c(n3)CCCC4)COC2)C1=O.CC(=O)C[C@@H](c1cnc(OC(F)F)nc1)N1CCN(CC2(Cc3ccc4c(n3)CCCC4)COC2)C1=O. The monoisotopic (exact) mass is 1540 g/mol. The summed E-state index contributed by atoms with van der Waals surface area (Å²) in [6, 6.07) is 19.5. The summed E-state index contributed by atoms with van der Waals surface area (Å²) in [6.07, 6.45) is 20.2. The van der Waals surface area contributed by atoms with E-state index in [1.54, 1.807) is 32.9 Å². The lowest BCUT2D eigenvalue weighted by Crippen LogP contribution is -2.53. The zero-order valence-electron chi connectivity index (χ0n) is 63.0. The number of benzene rings is 1. The van der Waals surface area contributed by atoms with Crippen LogP contribution in [0, 0.1) is 16.2 Å². The van der Waals surface area contributed by atoms with Crippen LogP contribution >= 0.6 is 0 Å². The van der Waals surface area contributed by atoms with Crippen molar-refractivity contribution in [2.24, 2.45) is 16.2 Å². The van der Waals surface area contributed by atoms with Crippen LogP contribution in [0.3, 0.4) is 0 Å². The predicted octanol–water partition coefficient (Wildman–Crippen LogP) is 11.9. The predicted molar refractivity (Wildman–Crippen MR) is 391 cm³/mol. The first-order valence-corrected chi connectivity index (χ1v) is 38.5. The zero-order valence-corrected chi connectivity index (χ0v) is 63.0. The molecule has 3 aliphatic carbocycles. The second-order valence-electron chi connectivity index (χ2n) is 31.2. The van der Waals surface area contributed by atoms with Crippen LogP contribution in [-0.4, -0.2) is 213 Å². The van der Waals surface area contributed by atoms with Crippen molar-refractivity contribution in [1.82, 2.24) is 59.3 Å². The fourth-order valence-corrected chi connectivity index (χ4v) is 16.9. The summed E-state index contributed by atoms with van der Waals surface area (Å²) in [5, 5.41) is 0. The number of nitrogens with zero attached hydrogens (tertiary/aromatic N) is 12. The number of ether oxygens (including phenoxy) is 6. The van der Waals surface area contributed by atoms with Gasteiger partial charge in [-0.1, -0.05) is 36.4 Å². The molecule has 0 unspecified atom stereocenters. The molecule has 111 heavy (non-hydrogen) atoms. The maximum absolute atomic E-state index is 13.5. The Bertz CT molecular complexity index is 3840. The van der Waals surface area contributed by atoms with Crippen molar-refractivity contribution in [1.29, 1.82) is 0 Å². The van der Waals surface area contributed by atoms with Gasteiger partial charge in [-0.2, -0.15) is 26.3 Å². The van der Waals surface area contributed by atoms with Gasteiger partial charge in [0.05, 0.1) is 57.8 Å². The smallest absolute Gasteiger partial charge is 0.389 e. The minimum Gasteiger partial charge on any atom is -0.435 e. The molecule has 6 fully saturated rings. The average molecular weight is 1540 g/mol. The summed E-state index contributed by atoms with van der Waals surface area (Å²) >= 11 is 0. The highest BCUT2D eigenvalue weighted by molar-refractivity contribution is 5.82. The van der Waals surface area contributed by atoms with Crippen molar-refractivity contribution < 1.29 is 83.5 Å². The van der Waals surface area contributed by atoms with Gasteiger partial charge in [-0.15, -0.1) is 0 Å². The molecule has 24 nitrogen and oxygen atoms in total. The molecule has 6 aliphatic heterocycles. The molecule has 0 spiro atoms. The summed E-state index contributed by atoms with van der Waals surface area (Å²) in [6.45, 7) is 3.55. The Balaban J connectivity index is 0.000000146. The molecule has 0 bridgehead atoms. The highest BCUT2D eigenvalue weighted by Gasteiger charge is 2.49. The van der Waals surface area contributed by atoms with Gasteiger partial charge in [0.25, 0.3) is 0 Å². The largest absolute Gasteiger partial charge is 0.435 e. The van der Waals surface area contributed by atoms with Crippen LogP contribution in [0.1, 0.15) is 164 Å². The molecule has 594 valence electrons. The third-order valence-corrected chi connectivity index (χ3v) is 22.4. The summed E-state index contributed by atoms with van der Waals surface area (Å²) in [5.41, 5.74) is 12.0. The lowest BCUT2D eigenvalue weighted by molar-refractivity contribution is -0.121.